The third-order valence-corrected chi connectivity index (χ3v) is 4.25. The fraction of sp³-hybridized carbons (Fsp3) is 0.471. The predicted octanol–water partition coefficient (Wildman–Crippen LogP) is 2.49. The van der Waals surface area contributed by atoms with E-state index in [0.29, 0.717) is 19.5 Å². The van der Waals surface area contributed by atoms with Crippen molar-refractivity contribution in [1.29, 1.82) is 0 Å². The van der Waals surface area contributed by atoms with Gasteiger partial charge in [-0.05, 0) is 38.0 Å². The SMILES string of the molecule is CCc1cc(-c2ccc(CN3CCC(O)C3)o2)c(C)[nH]c1=O.Cl. The van der Waals surface area contributed by atoms with Gasteiger partial charge < -0.3 is 14.5 Å². The molecule has 2 aromatic rings. The molecule has 6 heteroatoms. The zero-order valence-corrected chi connectivity index (χ0v) is 14.3. The van der Waals surface area contributed by atoms with E-state index in [1.54, 1.807) is 0 Å². The normalized spacial score (nSPS) is 18.1. The number of rotatable bonds is 4. The Labute approximate surface area is 141 Å². The third kappa shape index (κ3) is 3.86. The van der Waals surface area contributed by atoms with Crippen LogP contribution in [-0.2, 0) is 13.0 Å². The van der Waals surface area contributed by atoms with Gasteiger partial charge in [0.2, 0.25) is 0 Å². The highest BCUT2D eigenvalue weighted by Crippen LogP contribution is 2.26. The summed E-state index contributed by atoms with van der Waals surface area (Å²) < 4.78 is 5.94. The Balaban J connectivity index is 0.00000192. The maximum atomic E-state index is 11.8. The maximum Gasteiger partial charge on any atom is 0.251 e. The number of aliphatic hydroxyl groups is 1. The Morgan fingerprint density at radius 3 is 2.87 bits per heavy atom. The number of H-pyrrole nitrogens is 1. The van der Waals surface area contributed by atoms with Gasteiger partial charge in [-0.1, -0.05) is 6.92 Å². The molecule has 0 radical (unpaired) electrons. The van der Waals surface area contributed by atoms with E-state index in [2.05, 4.69) is 9.88 Å². The first-order valence-corrected chi connectivity index (χ1v) is 7.79. The lowest BCUT2D eigenvalue weighted by Gasteiger charge is -2.12. The lowest BCUT2D eigenvalue weighted by molar-refractivity contribution is 0.172. The van der Waals surface area contributed by atoms with Gasteiger partial charge in [-0.15, -0.1) is 12.4 Å². The summed E-state index contributed by atoms with van der Waals surface area (Å²) >= 11 is 0. The van der Waals surface area contributed by atoms with Gasteiger partial charge in [0.05, 0.1) is 12.6 Å². The Kier molecular flexibility index (Phi) is 5.68. The summed E-state index contributed by atoms with van der Waals surface area (Å²) in [6.07, 6.45) is 1.30. The summed E-state index contributed by atoms with van der Waals surface area (Å²) in [6.45, 7) is 6.16. The lowest BCUT2D eigenvalue weighted by atomic mass is 10.1. The molecule has 3 heterocycles. The molecular weight excluding hydrogens is 316 g/mol. The molecule has 1 fully saturated rings. The Hall–Kier alpha value is -1.56. The van der Waals surface area contributed by atoms with E-state index < -0.39 is 0 Å². The molecular formula is C17H23ClN2O3. The zero-order valence-electron chi connectivity index (χ0n) is 13.5. The van der Waals surface area contributed by atoms with Crippen LogP contribution in [0.1, 0.15) is 30.4 Å². The zero-order chi connectivity index (χ0) is 15.7. The fourth-order valence-corrected chi connectivity index (χ4v) is 2.97. The monoisotopic (exact) mass is 338 g/mol. The predicted molar refractivity (Wildman–Crippen MR) is 92.0 cm³/mol. The van der Waals surface area contributed by atoms with E-state index >= 15 is 0 Å². The van der Waals surface area contributed by atoms with Gasteiger partial charge in [-0.25, -0.2) is 0 Å². The molecule has 3 rings (SSSR count). The summed E-state index contributed by atoms with van der Waals surface area (Å²) in [7, 11) is 0. The van der Waals surface area contributed by atoms with E-state index in [1.165, 1.54) is 0 Å². The fourth-order valence-electron chi connectivity index (χ4n) is 2.97. The van der Waals surface area contributed by atoms with E-state index in [4.69, 9.17) is 4.42 Å². The van der Waals surface area contributed by atoms with Crippen molar-refractivity contribution in [1.82, 2.24) is 9.88 Å². The van der Waals surface area contributed by atoms with Crippen LogP contribution < -0.4 is 5.56 Å². The van der Waals surface area contributed by atoms with Gasteiger partial charge in [0, 0.05) is 29.9 Å². The van der Waals surface area contributed by atoms with Crippen LogP contribution in [-0.4, -0.2) is 34.2 Å². The first-order chi connectivity index (χ1) is 10.6. The Bertz CT molecular complexity index is 723. The van der Waals surface area contributed by atoms with Crippen molar-refractivity contribution in [3.63, 3.8) is 0 Å². The van der Waals surface area contributed by atoms with Crippen molar-refractivity contribution in [2.24, 2.45) is 0 Å². The number of hydrogen-bond acceptors (Lipinski definition) is 4. The first-order valence-electron chi connectivity index (χ1n) is 7.79. The number of β-amino-alcohol motifs (C(OH)–C–C–N with tert-alkyl or cyclic N) is 1. The van der Waals surface area contributed by atoms with E-state index in [9.17, 15) is 9.90 Å². The molecule has 23 heavy (non-hydrogen) atoms. The molecule has 0 bridgehead atoms. The van der Waals surface area contributed by atoms with Gasteiger partial charge in [0.1, 0.15) is 11.5 Å². The van der Waals surface area contributed by atoms with Crippen molar-refractivity contribution >= 4 is 12.4 Å². The smallest absolute Gasteiger partial charge is 0.251 e. The minimum Gasteiger partial charge on any atom is -0.460 e. The number of aromatic nitrogens is 1. The number of aryl methyl sites for hydroxylation is 2. The summed E-state index contributed by atoms with van der Waals surface area (Å²) in [5.41, 5.74) is 2.49. The second-order valence-corrected chi connectivity index (χ2v) is 5.96. The summed E-state index contributed by atoms with van der Waals surface area (Å²) in [4.78, 5) is 16.9. The Morgan fingerprint density at radius 2 is 2.22 bits per heavy atom. The van der Waals surface area contributed by atoms with Crippen LogP contribution in [0.5, 0.6) is 0 Å². The minimum atomic E-state index is -0.219. The van der Waals surface area contributed by atoms with Crippen molar-refractivity contribution in [2.45, 2.75) is 39.3 Å². The topological polar surface area (TPSA) is 69.5 Å². The molecule has 0 spiro atoms. The van der Waals surface area contributed by atoms with E-state index in [0.717, 1.165) is 41.3 Å². The molecule has 1 aliphatic rings. The summed E-state index contributed by atoms with van der Waals surface area (Å²) in [6, 6.07) is 5.83. The van der Waals surface area contributed by atoms with E-state index in [1.807, 2.05) is 32.0 Å². The van der Waals surface area contributed by atoms with Gasteiger partial charge in [-0.3, -0.25) is 9.69 Å². The van der Waals surface area contributed by atoms with Crippen LogP contribution in [0.2, 0.25) is 0 Å². The molecule has 1 aliphatic heterocycles. The number of nitrogens with zero attached hydrogens (tertiary/aromatic N) is 1. The average Bonchev–Trinajstić information content (AvgIpc) is 3.09. The highest BCUT2D eigenvalue weighted by atomic mass is 35.5. The van der Waals surface area contributed by atoms with Gasteiger partial charge in [0.15, 0.2) is 0 Å². The standard InChI is InChI=1S/C17H22N2O3.ClH/c1-3-12-8-15(11(2)18-17(12)21)16-5-4-14(22-16)10-19-7-6-13(20)9-19;/h4-5,8,13,20H,3,6-7,9-10H2,1-2H3,(H,18,21);1H. The van der Waals surface area contributed by atoms with Crippen LogP contribution in [0.4, 0.5) is 0 Å². The van der Waals surface area contributed by atoms with Crippen LogP contribution in [0, 0.1) is 6.92 Å². The number of aromatic amines is 1. The number of halogens is 1. The number of hydrogen-bond donors (Lipinski definition) is 2. The second-order valence-electron chi connectivity index (χ2n) is 5.96. The number of likely N-dealkylation sites (tertiary alicyclic amines) is 1. The van der Waals surface area contributed by atoms with Crippen LogP contribution in [0.15, 0.2) is 27.4 Å². The minimum absolute atomic E-state index is 0. The van der Waals surface area contributed by atoms with E-state index in [-0.39, 0.29) is 24.1 Å². The van der Waals surface area contributed by atoms with Crippen LogP contribution in [0.25, 0.3) is 11.3 Å². The first kappa shape index (κ1) is 17.8. The molecule has 2 aromatic heterocycles. The number of aliphatic hydroxyl groups excluding tert-OH is 1. The van der Waals surface area contributed by atoms with Gasteiger partial charge in [-0.2, -0.15) is 0 Å². The molecule has 0 amide bonds. The molecule has 0 saturated carbocycles. The van der Waals surface area contributed by atoms with Crippen molar-refractivity contribution < 1.29 is 9.52 Å². The van der Waals surface area contributed by atoms with Crippen molar-refractivity contribution in [2.75, 3.05) is 13.1 Å². The quantitative estimate of drug-likeness (QED) is 0.898. The molecule has 0 aromatic carbocycles. The van der Waals surface area contributed by atoms with Crippen LogP contribution in [0.3, 0.4) is 0 Å². The molecule has 1 unspecified atom stereocenters. The number of nitrogens with one attached hydrogen (secondary N) is 1. The highest BCUT2D eigenvalue weighted by Gasteiger charge is 2.21. The molecule has 1 atom stereocenters. The van der Waals surface area contributed by atoms with Crippen LogP contribution >= 0.6 is 12.4 Å². The highest BCUT2D eigenvalue weighted by molar-refractivity contribution is 5.85. The third-order valence-electron chi connectivity index (χ3n) is 4.25. The van der Waals surface area contributed by atoms with Crippen molar-refractivity contribution in [3.05, 3.63) is 45.6 Å². The van der Waals surface area contributed by atoms with Gasteiger partial charge in [0.25, 0.3) is 5.56 Å². The molecule has 126 valence electrons. The maximum absolute atomic E-state index is 11.8. The second kappa shape index (κ2) is 7.34. The molecule has 5 nitrogen and oxygen atoms in total. The summed E-state index contributed by atoms with van der Waals surface area (Å²) in [5, 5.41) is 9.57. The molecule has 0 aliphatic carbocycles. The largest absolute Gasteiger partial charge is 0.460 e. The Morgan fingerprint density at radius 1 is 1.43 bits per heavy atom. The average molecular weight is 339 g/mol. The lowest BCUT2D eigenvalue weighted by Crippen LogP contribution is -2.21. The molecule has 1 saturated heterocycles. The van der Waals surface area contributed by atoms with Gasteiger partial charge >= 0.3 is 0 Å². The summed E-state index contributed by atoms with van der Waals surface area (Å²) in [5.74, 6) is 1.66. The van der Waals surface area contributed by atoms with Crippen molar-refractivity contribution in [3.8, 4) is 11.3 Å². The number of furan rings is 1. The number of pyridine rings is 1. The molecule has 2 N–H and O–H groups in total.